The Labute approximate surface area is 127 Å². The molecule has 0 spiro atoms. The molecular formula is C15H26N2O3S. The average molecular weight is 314 g/mol. The van der Waals surface area contributed by atoms with Gasteiger partial charge >= 0.3 is 0 Å². The molecule has 0 bridgehead atoms. The molecule has 0 aliphatic carbocycles. The summed E-state index contributed by atoms with van der Waals surface area (Å²) in [6, 6.07) is 3.31. The monoisotopic (exact) mass is 314 g/mol. The SMILES string of the molecule is CCNCc1ccc(S(=O)(=O)N2CCCC(CC)CC2)o1. The molecule has 2 heterocycles. The molecule has 2 rings (SSSR count). The lowest BCUT2D eigenvalue weighted by atomic mass is 9.98. The van der Waals surface area contributed by atoms with Gasteiger partial charge in [-0.15, -0.1) is 0 Å². The number of hydrogen-bond donors (Lipinski definition) is 1. The second-order valence-corrected chi connectivity index (χ2v) is 7.48. The van der Waals surface area contributed by atoms with Crippen molar-refractivity contribution in [1.29, 1.82) is 0 Å². The Morgan fingerprint density at radius 2 is 2.10 bits per heavy atom. The van der Waals surface area contributed by atoms with Gasteiger partial charge in [0.25, 0.3) is 10.0 Å². The van der Waals surface area contributed by atoms with E-state index in [1.165, 1.54) is 0 Å². The van der Waals surface area contributed by atoms with Crippen LogP contribution in [0.25, 0.3) is 0 Å². The maximum absolute atomic E-state index is 12.6. The highest BCUT2D eigenvalue weighted by molar-refractivity contribution is 7.89. The van der Waals surface area contributed by atoms with Crippen molar-refractivity contribution in [2.45, 2.75) is 51.2 Å². The Morgan fingerprint density at radius 3 is 2.81 bits per heavy atom. The molecule has 0 aromatic carbocycles. The minimum Gasteiger partial charge on any atom is -0.447 e. The van der Waals surface area contributed by atoms with Crippen molar-refractivity contribution in [1.82, 2.24) is 9.62 Å². The summed E-state index contributed by atoms with van der Waals surface area (Å²) in [5.41, 5.74) is 0. The number of sulfonamides is 1. The molecule has 1 aliphatic rings. The Morgan fingerprint density at radius 1 is 1.29 bits per heavy atom. The van der Waals surface area contributed by atoms with Crippen LogP contribution >= 0.6 is 0 Å². The third-order valence-corrected chi connectivity index (χ3v) is 5.94. The van der Waals surface area contributed by atoms with E-state index < -0.39 is 10.0 Å². The second kappa shape index (κ2) is 7.42. The highest BCUT2D eigenvalue weighted by atomic mass is 32.2. The molecule has 1 saturated heterocycles. The molecule has 5 nitrogen and oxygen atoms in total. The quantitative estimate of drug-likeness (QED) is 0.876. The third kappa shape index (κ3) is 4.08. The van der Waals surface area contributed by atoms with E-state index >= 15 is 0 Å². The van der Waals surface area contributed by atoms with E-state index in [0.29, 0.717) is 31.3 Å². The van der Waals surface area contributed by atoms with Gasteiger partial charge in [0.05, 0.1) is 6.54 Å². The topological polar surface area (TPSA) is 62.6 Å². The van der Waals surface area contributed by atoms with Gasteiger partial charge in [0.15, 0.2) is 0 Å². The molecule has 120 valence electrons. The van der Waals surface area contributed by atoms with Gasteiger partial charge in [-0.2, -0.15) is 4.31 Å². The lowest BCUT2D eigenvalue weighted by Gasteiger charge is -2.18. The summed E-state index contributed by atoms with van der Waals surface area (Å²) in [6.45, 7) is 6.76. The lowest BCUT2D eigenvalue weighted by Crippen LogP contribution is -2.31. The molecule has 1 atom stereocenters. The Hall–Kier alpha value is -0.850. The maximum Gasteiger partial charge on any atom is 0.276 e. The molecule has 0 radical (unpaired) electrons. The number of nitrogens with one attached hydrogen (secondary N) is 1. The molecule has 0 amide bonds. The van der Waals surface area contributed by atoms with Crippen LogP contribution in [0.5, 0.6) is 0 Å². The van der Waals surface area contributed by atoms with Gasteiger partial charge in [-0.3, -0.25) is 0 Å². The van der Waals surface area contributed by atoms with E-state index in [2.05, 4.69) is 12.2 Å². The minimum atomic E-state index is -3.48. The number of rotatable bonds is 6. The summed E-state index contributed by atoms with van der Waals surface area (Å²) in [4.78, 5) is 0. The van der Waals surface area contributed by atoms with Crippen molar-refractivity contribution < 1.29 is 12.8 Å². The zero-order chi connectivity index (χ0) is 15.3. The van der Waals surface area contributed by atoms with Crippen LogP contribution in [-0.4, -0.2) is 32.4 Å². The zero-order valence-electron chi connectivity index (χ0n) is 13.0. The fourth-order valence-electron chi connectivity index (χ4n) is 2.75. The first-order valence-corrected chi connectivity index (χ1v) is 9.31. The number of furan rings is 1. The van der Waals surface area contributed by atoms with E-state index in [0.717, 1.165) is 32.2 Å². The van der Waals surface area contributed by atoms with Gasteiger partial charge in [-0.1, -0.05) is 20.3 Å². The molecule has 1 unspecified atom stereocenters. The molecule has 1 aliphatic heterocycles. The molecule has 1 aromatic rings. The minimum absolute atomic E-state index is 0.0744. The van der Waals surface area contributed by atoms with Crippen LogP contribution in [0.15, 0.2) is 21.6 Å². The summed E-state index contributed by atoms with van der Waals surface area (Å²) in [6.07, 6.45) is 4.12. The van der Waals surface area contributed by atoms with Crippen molar-refractivity contribution in [3.8, 4) is 0 Å². The van der Waals surface area contributed by atoms with E-state index in [9.17, 15) is 8.42 Å². The lowest BCUT2D eigenvalue weighted by molar-refractivity contribution is 0.364. The Balaban J connectivity index is 2.08. The summed E-state index contributed by atoms with van der Waals surface area (Å²) in [5.74, 6) is 1.31. The third-order valence-electron chi connectivity index (χ3n) is 4.16. The number of nitrogens with zero attached hydrogens (tertiary/aromatic N) is 1. The van der Waals surface area contributed by atoms with Crippen molar-refractivity contribution in [2.75, 3.05) is 19.6 Å². The van der Waals surface area contributed by atoms with Gasteiger partial charge in [-0.25, -0.2) is 8.42 Å². The van der Waals surface area contributed by atoms with Crippen LogP contribution in [0.3, 0.4) is 0 Å². The van der Waals surface area contributed by atoms with Crippen molar-refractivity contribution >= 4 is 10.0 Å². The van der Waals surface area contributed by atoms with E-state index in [4.69, 9.17) is 4.42 Å². The summed E-state index contributed by atoms with van der Waals surface area (Å²) in [5, 5.41) is 3.20. The predicted octanol–water partition coefficient (Wildman–Crippen LogP) is 2.59. The molecule has 0 saturated carbocycles. The molecule has 21 heavy (non-hydrogen) atoms. The van der Waals surface area contributed by atoms with Crippen LogP contribution in [0, 0.1) is 5.92 Å². The van der Waals surface area contributed by atoms with Crippen LogP contribution in [0.4, 0.5) is 0 Å². The molecular weight excluding hydrogens is 288 g/mol. The second-order valence-electron chi connectivity index (χ2n) is 5.61. The van der Waals surface area contributed by atoms with Crippen molar-refractivity contribution in [3.63, 3.8) is 0 Å². The number of hydrogen-bond acceptors (Lipinski definition) is 4. The van der Waals surface area contributed by atoms with Crippen LogP contribution < -0.4 is 5.32 Å². The smallest absolute Gasteiger partial charge is 0.276 e. The fourth-order valence-corrected chi connectivity index (χ4v) is 4.18. The summed E-state index contributed by atoms with van der Waals surface area (Å²) in [7, 11) is -3.48. The first-order valence-electron chi connectivity index (χ1n) is 7.87. The van der Waals surface area contributed by atoms with Crippen molar-refractivity contribution in [2.24, 2.45) is 5.92 Å². The molecule has 1 fully saturated rings. The standard InChI is InChI=1S/C15H26N2O3S/c1-3-13-6-5-10-17(11-9-13)21(18,19)15-8-7-14(20-15)12-16-4-2/h7-8,13,16H,3-6,9-12H2,1-2H3. The Bertz CT molecular complexity index is 539. The van der Waals surface area contributed by atoms with Gasteiger partial charge in [-0.05, 0) is 43.9 Å². The first kappa shape index (κ1) is 16.5. The largest absolute Gasteiger partial charge is 0.447 e. The van der Waals surface area contributed by atoms with Gasteiger partial charge in [0.1, 0.15) is 5.76 Å². The van der Waals surface area contributed by atoms with E-state index in [1.54, 1.807) is 16.4 Å². The highest BCUT2D eigenvalue weighted by Crippen LogP contribution is 2.25. The Kier molecular flexibility index (Phi) is 5.84. The summed E-state index contributed by atoms with van der Waals surface area (Å²) >= 11 is 0. The normalized spacial score (nSPS) is 21.3. The van der Waals surface area contributed by atoms with Crippen LogP contribution in [0.2, 0.25) is 0 Å². The highest BCUT2D eigenvalue weighted by Gasteiger charge is 2.29. The maximum atomic E-state index is 12.6. The summed E-state index contributed by atoms with van der Waals surface area (Å²) < 4.78 is 32.4. The molecule has 1 aromatic heterocycles. The first-order chi connectivity index (χ1) is 10.1. The van der Waals surface area contributed by atoms with Crippen molar-refractivity contribution in [3.05, 3.63) is 17.9 Å². The predicted molar refractivity (Wildman–Crippen MR) is 82.5 cm³/mol. The van der Waals surface area contributed by atoms with Crippen LogP contribution in [-0.2, 0) is 16.6 Å². The van der Waals surface area contributed by atoms with E-state index in [-0.39, 0.29) is 5.09 Å². The van der Waals surface area contributed by atoms with Crippen LogP contribution in [0.1, 0.15) is 45.3 Å². The molecule has 6 heteroatoms. The van der Waals surface area contributed by atoms with Gasteiger partial charge in [0, 0.05) is 13.1 Å². The average Bonchev–Trinajstić information content (AvgIpc) is 2.82. The fraction of sp³-hybridized carbons (Fsp3) is 0.733. The van der Waals surface area contributed by atoms with Gasteiger partial charge < -0.3 is 9.73 Å². The van der Waals surface area contributed by atoms with E-state index in [1.807, 2.05) is 6.92 Å². The zero-order valence-corrected chi connectivity index (χ0v) is 13.8. The molecule has 1 N–H and O–H groups in total. The van der Waals surface area contributed by atoms with Gasteiger partial charge in [0.2, 0.25) is 5.09 Å².